The van der Waals surface area contributed by atoms with E-state index in [1.165, 1.54) is 106 Å². The third-order valence-electron chi connectivity index (χ3n) is 13.6. The van der Waals surface area contributed by atoms with Crippen molar-refractivity contribution in [1.82, 2.24) is 0 Å². The summed E-state index contributed by atoms with van der Waals surface area (Å²) in [6.07, 6.45) is 0. The lowest BCUT2D eigenvalue weighted by Gasteiger charge is -2.51. The molecule has 0 saturated carbocycles. The Hall–Kier alpha value is -6.58. The number of rotatable bonds is 3. The van der Waals surface area contributed by atoms with Gasteiger partial charge in [0.25, 0.3) is 0 Å². The normalized spacial score (nSPS) is 15.5. The third kappa shape index (κ3) is 4.32. The van der Waals surface area contributed by atoms with Crippen LogP contribution in [0.25, 0.3) is 44.5 Å². The summed E-state index contributed by atoms with van der Waals surface area (Å²) in [5.41, 5.74) is 24.3. The highest BCUT2D eigenvalue weighted by Gasteiger charge is 2.51. The lowest BCUT2D eigenvalue weighted by atomic mass is 9.42. The van der Waals surface area contributed by atoms with Gasteiger partial charge in [0.1, 0.15) is 0 Å². The first-order chi connectivity index (χ1) is 27.8. The predicted octanol–water partition coefficient (Wildman–Crippen LogP) is 12.7. The fourth-order valence-corrected chi connectivity index (χ4v) is 11.0. The van der Waals surface area contributed by atoms with Gasteiger partial charge in [0.2, 0.25) is 0 Å². The molecule has 0 atom stereocenters. The zero-order chi connectivity index (χ0) is 38.2. The van der Waals surface area contributed by atoms with E-state index in [2.05, 4.69) is 213 Å². The number of nitrogens with zero attached hydrogens (tertiary/aromatic N) is 2. The van der Waals surface area contributed by atoms with Gasteiger partial charge in [-0.05, 0) is 102 Å². The summed E-state index contributed by atoms with van der Waals surface area (Å²) in [5, 5.41) is 0. The van der Waals surface area contributed by atoms with Crippen molar-refractivity contribution >= 4 is 46.2 Å². The fraction of sp³-hybridized carbons (Fsp3) is 0.111. The van der Waals surface area contributed by atoms with E-state index in [0.29, 0.717) is 0 Å². The number of hydrogen-bond donors (Lipinski definition) is 0. The molecule has 0 unspecified atom stereocenters. The molecule has 8 aromatic carbocycles. The third-order valence-corrected chi connectivity index (χ3v) is 13.6. The summed E-state index contributed by atoms with van der Waals surface area (Å²) in [7, 11) is 0. The molecule has 0 saturated heterocycles. The molecule has 12 rings (SSSR count). The Morgan fingerprint density at radius 3 is 1.79 bits per heavy atom. The summed E-state index contributed by atoms with van der Waals surface area (Å²) in [6.45, 7) is 9.58. The number of benzene rings is 8. The van der Waals surface area contributed by atoms with E-state index in [9.17, 15) is 0 Å². The number of anilines is 5. The quantitative estimate of drug-likeness (QED) is 0.167. The number of hydrogen-bond acceptors (Lipinski definition) is 2. The van der Waals surface area contributed by atoms with Gasteiger partial charge in [-0.3, -0.25) is 0 Å². The van der Waals surface area contributed by atoms with Crippen molar-refractivity contribution in [3.8, 4) is 44.5 Å². The summed E-state index contributed by atoms with van der Waals surface area (Å²) in [4.78, 5) is 5.35. The predicted molar refractivity (Wildman–Crippen MR) is 241 cm³/mol. The second kappa shape index (κ2) is 11.5. The molecule has 0 radical (unpaired) electrons. The molecule has 2 nitrogen and oxygen atoms in total. The highest BCUT2D eigenvalue weighted by atomic mass is 15.2. The first-order valence-corrected chi connectivity index (χ1v) is 20.3. The van der Waals surface area contributed by atoms with Crippen molar-refractivity contribution in [1.29, 1.82) is 0 Å². The summed E-state index contributed by atoms with van der Waals surface area (Å²) in [6, 6.07) is 66.2. The van der Waals surface area contributed by atoms with Gasteiger partial charge >= 0.3 is 6.85 Å². The largest absolute Gasteiger partial charge is 0.376 e. The second-order valence-corrected chi connectivity index (χ2v) is 17.3. The molecule has 0 amide bonds. The van der Waals surface area contributed by atoms with Crippen molar-refractivity contribution in [3.05, 3.63) is 198 Å². The molecule has 57 heavy (non-hydrogen) atoms. The average Bonchev–Trinajstić information content (AvgIpc) is 3.49. The van der Waals surface area contributed by atoms with Gasteiger partial charge in [-0.2, -0.15) is 0 Å². The fourth-order valence-electron chi connectivity index (χ4n) is 11.0. The Morgan fingerprint density at radius 2 is 1.00 bits per heavy atom. The van der Waals surface area contributed by atoms with Crippen LogP contribution in [0.1, 0.15) is 49.9 Å². The van der Waals surface area contributed by atoms with Crippen LogP contribution >= 0.6 is 0 Å². The monoisotopic (exact) mass is 728 g/mol. The maximum Gasteiger partial charge on any atom is 0.333 e. The Bertz CT molecular complexity index is 2980. The topological polar surface area (TPSA) is 6.48 Å². The second-order valence-electron chi connectivity index (χ2n) is 17.3. The van der Waals surface area contributed by atoms with Gasteiger partial charge in [0.15, 0.2) is 0 Å². The average molecular weight is 729 g/mol. The van der Waals surface area contributed by atoms with Gasteiger partial charge in [-0.15, -0.1) is 0 Å². The Labute approximate surface area is 335 Å². The molecule has 0 aromatic heterocycles. The van der Waals surface area contributed by atoms with Gasteiger partial charge in [0, 0.05) is 39.1 Å². The highest BCUT2D eigenvalue weighted by Crippen LogP contribution is 2.58. The summed E-state index contributed by atoms with van der Waals surface area (Å²) in [5.74, 6) is 0. The van der Waals surface area contributed by atoms with Crippen LogP contribution in [-0.2, 0) is 10.8 Å². The van der Waals surface area contributed by atoms with E-state index >= 15 is 0 Å². The lowest BCUT2D eigenvalue weighted by Crippen LogP contribution is -2.62. The van der Waals surface area contributed by atoms with E-state index in [-0.39, 0.29) is 17.7 Å². The molecule has 0 fully saturated rings. The summed E-state index contributed by atoms with van der Waals surface area (Å²) >= 11 is 0. The van der Waals surface area contributed by atoms with Crippen LogP contribution in [0.15, 0.2) is 176 Å². The van der Waals surface area contributed by atoms with Crippen molar-refractivity contribution in [2.24, 2.45) is 0 Å². The standard InChI is InChI=1S/C54H41BN2/c1-53(2)43-24-13-14-27-46(43)56-49-33-37(35-19-9-6-10-20-35)31-41-39-30-29-36(34-17-7-5-8-18-34)32-48(39)57(55(51(41)49)45-26-16-25-44(53)52(45)56)47-28-15-22-40-38-21-11-12-23-42(38)54(3,4)50(40)47/h5-33H,1-4H3. The lowest BCUT2D eigenvalue weighted by molar-refractivity contribution is 0.632. The van der Waals surface area contributed by atoms with Crippen LogP contribution in [0.3, 0.4) is 0 Å². The van der Waals surface area contributed by atoms with Crippen LogP contribution in [0, 0.1) is 0 Å². The van der Waals surface area contributed by atoms with Crippen LogP contribution in [0.2, 0.25) is 0 Å². The van der Waals surface area contributed by atoms with Gasteiger partial charge < -0.3 is 9.71 Å². The van der Waals surface area contributed by atoms with Gasteiger partial charge in [-0.1, -0.05) is 173 Å². The van der Waals surface area contributed by atoms with Crippen molar-refractivity contribution in [2.75, 3.05) is 9.71 Å². The van der Waals surface area contributed by atoms with E-state index in [0.717, 1.165) is 0 Å². The summed E-state index contributed by atoms with van der Waals surface area (Å²) < 4.78 is 0. The van der Waals surface area contributed by atoms with Crippen molar-refractivity contribution in [3.63, 3.8) is 0 Å². The highest BCUT2D eigenvalue weighted by molar-refractivity contribution is 6.93. The van der Waals surface area contributed by atoms with Gasteiger partial charge in [0.05, 0.1) is 5.69 Å². The van der Waals surface area contributed by atoms with Crippen LogP contribution < -0.4 is 20.6 Å². The molecule has 0 N–H and O–H groups in total. The molecule has 3 heteroatoms. The Kier molecular flexibility index (Phi) is 6.58. The minimum absolute atomic E-state index is 0.0726. The van der Waals surface area contributed by atoms with E-state index in [1.807, 2.05) is 0 Å². The minimum Gasteiger partial charge on any atom is -0.376 e. The molecule has 270 valence electrons. The van der Waals surface area contributed by atoms with Crippen molar-refractivity contribution < 1.29 is 0 Å². The first kappa shape index (κ1) is 32.6. The molecular weight excluding hydrogens is 687 g/mol. The molecule has 0 bridgehead atoms. The molecule has 8 aromatic rings. The zero-order valence-electron chi connectivity index (χ0n) is 32.7. The van der Waals surface area contributed by atoms with E-state index in [1.54, 1.807) is 0 Å². The van der Waals surface area contributed by atoms with E-state index < -0.39 is 0 Å². The molecule has 1 aliphatic carbocycles. The number of fused-ring (bicyclic) bond motifs is 9. The molecular formula is C54H41BN2. The van der Waals surface area contributed by atoms with Crippen LogP contribution in [0.4, 0.5) is 28.4 Å². The van der Waals surface area contributed by atoms with Crippen LogP contribution in [0.5, 0.6) is 0 Å². The molecule has 3 aliphatic heterocycles. The van der Waals surface area contributed by atoms with Crippen molar-refractivity contribution in [2.45, 2.75) is 38.5 Å². The number of para-hydroxylation sites is 2. The van der Waals surface area contributed by atoms with E-state index in [4.69, 9.17) is 0 Å². The molecule has 0 spiro atoms. The Morgan fingerprint density at radius 1 is 0.386 bits per heavy atom. The molecule has 3 heterocycles. The molecule has 4 aliphatic rings. The minimum atomic E-state index is -0.197. The SMILES string of the molecule is CC1(C)c2ccccc2N2c3cc(-c4ccccc4)cc4c3B(c3cccc1c32)N(c1cccc2c1C(C)(C)c1ccccc1-2)c1cc(-c2ccccc2)ccc1-4. The van der Waals surface area contributed by atoms with Crippen LogP contribution in [-0.4, -0.2) is 6.85 Å². The smallest absolute Gasteiger partial charge is 0.333 e. The zero-order valence-corrected chi connectivity index (χ0v) is 32.7. The first-order valence-electron chi connectivity index (χ1n) is 20.3. The Balaban J connectivity index is 1.24. The maximum absolute atomic E-state index is 2.74. The maximum atomic E-state index is 2.74. The van der Waals surface area contributed by atoms with Gasteiger partial charge in [-0.25, -0.2) is 0 Å².